The first-order valence-corrected chi connectivity index (χ1v) is 9.64. The van der Waals surface area contributed by atoms with Crippen molar-refractivity contribution in [3.63, 3.8) is 0 Å². The van der Waals surface area contributed by atoms with Gasteiger partial charge in [0.15, 0.2) is 11.6 Å². The molecule has 1 aromatic carbocycles. The largest absolute Gasteiger partial charge is 0.497 e. The topological polar surface area (TPSA) is 81.9 Å². The monoisotopic (exact) mass is 419 g/mol. The summed E-state index contributed by atoms with van der Waals surface area (Å²) in [6.07, 6.45) is 2.57. The van der Waals surface area contributed by atoms with Gasteiger partial charge in [-0.3, -0.25) is 9.36 Å². The Hall–Kier alpha value is -3.17. The first-order chi connectivity index (χ1) is 14.4. The van der Waals surface area contributed by atoms with Crippen molar-refractivity contribution in [1.29, 1.82) is 0 Å². The number of aromatic nitrogens is 4. The molecule has 3 aromatic rings. The summed E-state index contributed by atoms with van der Waals surface area (Å²) >= 11 is 0. The normalized spacial score (nSPS) is 15.3. The Labute approximate surface area is 170 Å². The van der Waals surface area contributed by atoms with Crippen LogP contribution in [0, 0.1) is 5.92 Å². The molecule has 0 aliphatic heterocycles. The predicted octanol–water partition coefficient (Wildman–Crippen LogP) is 4.36. The van der Waals surface area contributed by atoms with Crippen molar-refractivity contribution in [1.82, 2.24) is 19.5 Å². The van der Waals surface area contributed by atoms with E-state index in [0.29, 0.717) is 5.75 Å². The number of methoxy groups -OCH3 is 1. The number of carbonyl (C=O) groups excluding carboxylic acids is 1. The van der Waals surface area contributed by atoms with Crippen molar-refractivity contribution < 1.29 is 22.7 Å². The number of hydrogen-bond acceptors (Lipinski definition) is 5. The number of carbonyl (C=O) groups is 1. The summed E-state index contributed by atoms with van der Waals surface area (Å²) in [5, 5.41) is 2.71. The smallest absolute Gasteiger partial charge is 0.450 e. The molecule has 158 valence electrons. The number of amides is 1. The number of hydrogen-bond donors (Lipinski definition) is 1. The summed E-state index contributed by atoms with van der Waals surface area (Å²) in [6.45, 7) is 0. The van der Waals surface area contributed by atoms with Gasteiger partial charge in [0.1, 0.15) is 5.75 Å². The molecule has 0 spiro atoms. The lowest BCUT2D eigenvalue weighted by atomic mass is 9.89. The number of anilines is 1. The highest BCUT2D eigenvalue weighted by atomic mass is 19.4. The molecule has 10 heteroatoms. The van der Waals surface area contributed by atoms with E-state index in [-0.39, 0.29) is 34.5 Å². The number of benzene rings is 1. The summed E-state index contributed by atoms with van der Waals surface area (Å²) in [4.78, 5) is 24.3. The maximum Gasteiger partial charge on any atom is 0.450 e. The molecule has 0 bridgehead atoms. The molecule has 1 amide bonds. The zero-order chi connectivity index (χ0) is 21.3. The van der Waals surface area contributed by atoms with E-state index in [4.69, 9.17) is 4.74 Å². The molecule has 1 fully saturated rings. The number of nitrogens with zero attached hydrogens (tertiary/aromatic N) is 4. The highest BCUT2D eigenvalue weighted by Crippen LogP contribution is 2.34. The molecule has 0 saturated heterocycles. The Balaban J connectivity index is 1.65. The van der Waals surface area contributed by atoms with Crippen LogP contribution in [0.3, 0.4) is 0 Å². The van der Waals surface area contributed by atoms with Gasteiger partial charge < -0.3 is 10.1 Å². The van der Waals surface area contributed by atoms with Crippen molar-refractivity contribution in [2.75, 3.05) is 12.4 Å². The molecular formula is C20H20F3N5O2. The molecule has 4 rings (SSSR count). The second-order valence-corrected chi connectivity index (χ2v) is 7.21. The second-order valence-electron chi connectivity index (χ2n) is 7.21. The van der Waals surface area contributed by atoms with Gasteiger partial charge in [0.2, 0.25) is 11.7 Å². The molecule has 7 nitrogen and oxygen atoms in total. The Morgan fingerprint density at radius 2 is 1.93 bits per heavy atom. The fourth-order valence-electron chi connectivity index (χ4n) is 3.70. The minimum atomic E-state index is -4.69. The fraction of sp³-hybridized carbons (Fsp3) is 0.400. The van der Waals surface area contributed by atoms with Crippen LogP contribution in [0.2, 0.25) is 0 Å². The third kappa shape index (κ3) is 3.94. The van der Waals surface area contributed by atoms with Crippen molar-refractivity contribution in [3.05, 3.63) is 36.4 Å². The zero-order valence-electron chi connectivity index (χ0n) is 16.2. The standard InChI is InChI=1S/C20H20F3N5O2/c1-30-13-7-8-15-14(9-13)26-19(20(21,22)23)28(15)17-11-24-16(10-25-17)27-18(29)12-5-3-2-4-6-12/h7-12H,2-6H2,1H3,(H,24,27,29). The first-order valence-electron chi connectivity index (χ1n) is 9.64. The number of halogens is 3. The molecule has 0 radical (unpaired) electrons. The number of alkyl halides is 3. The average molecular weight is 419 g/mol. The molecule has 2 aromatic heterocycles. The van der Waals surface area contributed by atoms with Gasteiger partial charge in [0.25, 0.3) is 0 Å². The first kappa shape index (κ1) is 20.1. The number of imidazole rings is 1. The minimum Gasteiger partial charge on any atom is -0.497 e. The number of nitrogens with one attached hydrogen (secondary N) is 1. The Kier molecular flexibility index (Phi) is 5.31. The van der Waals surface area contributed by atoms with Crippen LogP contribution in [0.25, 0.3) is 16.9 Å². The number of fused-ring (bicyclic) bond motifs is 1. The minimum absolute atomic E-state index is 0.0503. The highest BCUT2D eigenvalue weighted by molar-refractivity contribution is 5.91. The summed E-state index contributed by atoms with van der Waals surface area (Å²) in [7, 11) is 1.43. The molecule has 1 aliphatic carbocycles. The van der Waals surface area contributed by atoms with Gasteiger partial charge in [-0.1, -0.05) is 19.3 Å². The predicted molar refractivity (Wildman–Crippen MR) is 103 cm³/mol. The van der Waals surface area contributed by atoms with Crippen molar-refractivity contribution in [2.45, 2.75) is 38.3 Å². The molecule has 0 unspecified atom stereocenters. The van der Waals surface area contributed by atoms with Gasteiger partial charge in [0, 0.05) is 12.0 Å². The van der Waals surface area contributed by atoms with Crippen LogP contribution >= 0.6 is 0 Å². The van der Waals surface area contributed by atoms with Crippen molar-refractivity contribution >= 4 is 22.8 Å². The number of ether oxygens (including phenoxy) is 1. The summed E-state index contributed by atoms with van der Waals surface area (Å²) in [5.74, 6) is -0.760. The van der Waals surface area contributed by atoms with Crippen LogP contribution in [0.4, 0.5) is 19.0 Å². The lowest BCUT2D eigenvalue weighted by Crippen LogP contribution is -2.25. The van der Waals surface area contributed by atoms with E-state index in [0.717, 1.165) is 36.7 Å². The fourth-order valence-corrected chi connectivity index (χ4v) is 3.70. The van der Waals surface area contributed by atoms with Gasteiger partial charge in [-0.05, 0) is 25.0 Å². The molecule has 1 aliphatic rings. The summed E-state index contributed by atoms with van der Waals surface area (Å²) in [5.41, 5.74) is 0.342. The number of rotatable bonds is 4. The maximum atomic E-state index is 13.6. The Bertz CT molecular complexity index is 1060. The third-order valence-electron chi connectivity index (χ3n) is 5.21. The van der Waals surface area contributed by atoms with Crippen LogP contribution in [0.5, 0.6) is 5.75 Å². The van der Waals surface area contributed by atoms with E-state index >= 15 is 0 Å². The van der Waals surface area contributed by atoms with Crippen molar-refractivity contribution in [3.8, 4) is 11.6 Å². The second kappa shape index (κ2) is 7.92. The molecule has 2 heterocycles. The van der Waals surface area contributed by atoms with Crippen LogP contribution in [-0.4, -0.2) is 32.5 Å². The molecule has 1 saturated carbocycles. The van der Waals surface area contributed by atoms with E-state index in [1.54, 1.807) is 6.07 Å². The van der Waals surface area contributed by atoms with Gasteiger partial charge in [-0.25, -0.2) is 15.0 Å². The van der Waals surface area contributed by atoms with E-state index < -0.39 is 12.0 Å². The SMILES string of the molecule is COc1ccc2c(c1)nc(C(F)(F)F)n2-c1cnc(NC(=O)C2CCCCC2)cn1. The van der Waals surface area contributed by atoms with E-state index in [1.807, 2.05) is 0 Å². The molecule has 30 heavy (non-hydrogen) atoms. The van der Waals surface area contributed by atoms with Gasteiger partial charge in [-0.2, -0.15) is 13.2 Å². The lowest BCUT2D eigenvalue weighted by Gasteiger charge is -2.20. The Morgan fingerprint density at radius 3 is 2.57 bits per heavy atom. The Morgan fingerprint density at radius 1 is 1.17 bits per heavy atom. The van der Waals surface area contributed by atoms with Crippen LogP contribution in [-0.2, 0) is 11.0 Å². The summed E-state index contributed by atoms with van der Waals surface area (Å²) in [6, 6.07) is 4.46. The maximum absolute atomic E-state index is 13.6. The quantitative estimate of drug-likeness (QED) is 0.680. The van der Waals surface area contributed by atoms with E-state index in [2.05, 4.69) is 20.3 Å². The van der Waals surface area contributed by atoms with Crippen LogP contribution in [0.15, 0.2) is 30.6 Å². The average Bonchev–Trinajstić information content (AvgIpc) is 3.14. The van der Waals surface area contributed by atoms with E-state index in [9.17, 15) is 18.0 Å². The molecule has 1 N–H and O–H groups in total. The third-order valence-corrected chi connectivity index (χ3v) is 5.21. The van der Waals surface area contributed by atoms with Crippen molar-refractivity contribution in [2.24, 2.45) is 5.92 Å². The molecular weight excluding hydrogens is 399 g/mol. The lowest BCUT2D eigenvalue weighted by molar-refractivity contribution is -0.145. The summed E-state index contributed by atoms with van der Waals surface area (Å²) < 4.78 is 46.7. The van der Waals surface area contributed by atoms with E-state index in [1.165, 1.54) is 31.6 Å². The molecule has 0 atom stereocenters. The van der Waals surface area contributed by atoms with Gasteiger partial charge in [0.05, 0.1) is 30.5 Å². The van der Waals surface area contributed by atoms with Gasteiger partial charge >= 0.3 is 6.18 Å². The highest BCUT2D eigenvalue weighted by Gasteiger charge is 2.38. The van der Waals surface area contributed by atoms with Gasteiger partial charge in [-0.15, -0.1) is 0 Å². The van der Waals surface area contributed by atoms with Crippen LogP contribution in [0.1, 0.15) is 37.9 Å². The zero-order valence-corrected chi connectivity index (χ0v) is 16.2. The van der Waals surface area contributed by atoms with Crippen LogP contribution < -0.4 is 10.1 Å².